The molecule has 0 saturated carbocycles. The molecule has 1 saturated heterocycles. The summed E-state index contributed by atoms with van der Waals surface area (Å²) in [6.07, 6.45) is 0.910. The predicted octanol–water partition coefficient (Wildman–Crippen LogP) is 1.90. The Hall–Kier alpha value is -2.05. The van der Waals surface area contributed by atoms with Crippen molar-refractivity contribution in [1.82, 2.24) is 9.80 Å². The number of aromatic hydroxyl groups is 1. The number of hydrogen-bond donors (Lipinski definition) is 1. The first-order valence-corrected chi connectivity index (χ1v) is 8.50. The van der Waals surface area contributed by atoms with Gasteiger partial charge in [-0.1, -0.05) is 6.92 Å². The zero-order valence-corrected chi connectivity index (χ0v) is 14.0. The van der Waals surface area contributed by atoms with Crippen LogP contribution in [0.1, 0.15) is 13.3 Å². The van der Waals surface area contributed by atoms with Crippen molar-refractivity contribution in [3.8, 4) is 11.5 Å². The van der Waals surface area contributed by atoms with E-state index in [9.17, 15) is 9.90 Å². The van der Waals surface area contributed by atoms with Gasteiger partial charge in [0.25, 0.3) is 0 Å². The fraction of sp³-hybridized carbons (Fsp3) is 0.500. The van der Waals surface area contributed by atoms with E-state index in [1.807, 2.05) is 0 Å². The van der Waals surface area contributed by atoms with E-state index < -0.39 is 5.63 Å². The maximum Gasteiger partial charge on any atom is 0.336 e. The average Bonchev–Trinajstić information content (AvgIpc) is 2.59. The van der Waals surface area contributed by atoms with E-state index in [2.05, 4.69) is 16.7 Å². The SMILES string of the molecule is CCN1CCN(CCCOc2cc3ccc(=O)oc3cc2O)CC1. The number of benzene rings is 1. The second-order valence-electron chi connectivity index (χ2n) is 6.09. The molecule has 0 unspecified atom stereocenters. The van der Waals surface area contributed by atoms with E-state index >= 15 is 0 Å². The molecule has 0 spiro atoms. The Labute approximate surface area is 141 Å². The lowest BCUT2D eigenvalue weighted by Gasteiger charge is -2.33. The van der Waals surface area contributed by atoms with E-state index in [4.69, 9.17) is 9.15 Å². The van der Waals surface area contributed by atoms with Crippen molar-refractivity contribution in [2.45, 2.75) is 13.3 Å². The van der Waals surface area contributed by atoms with Crippen LogP contribution < -0.4 is 10.4 Å². The molecule has 0 bridgehead atoms. The highest BCUT2D eigenvalue weighted by Crippen LogP contribution is 2.30. The quantitative estimate of drug-likeness (QED) is 0.644. The molecule has 1 aliphatic heterocycles. The number of likely N-dealkylation sites (N-methyl/N-ethyl adjacent to an activating group) is 1. The lowest BCUT2D eigenvalue weighted by Crippen LogP contribution is -2.46. The zero-order chi connectivity index (χ0) is 16.9. The third-order valence-corrected chi connectivity index (χ3v) is 4.49. The van der Waals surface area contributed by atoms with Crippen molar-refractivity contribution in [3.05, 3.63) is 34.7 Å². The van der Waals surface area contributed by atoms with Crippen LogP contribution >= 0.6 is 0 Å². The van der Waals surface area contributed by atoms with Gasteiger partial charge in [0.1, 0.15) is 5.58 Å². The molecule has 6 nitrogen and oxygen atoms in total. The Morgan fingerprint density at radius 1 is 1.17 bits per heavy atom. The molecule has 1 fully saturated rings. The van der Waals surface area contributed by atoms with Gasteiger partial charge in [-0.2, -0.15) is 0 Å². The number of nitrogens with zero attached hydrogens (tertiary/aromatic N) is 2. The fourth-order valence-electron chi connectivity index (χ4n) is 3.00. The highest BCUT2D eigenvalue weighted by molar-refractivity contribution is 5.80. The van der Waals surface area contributed by atoms with Crippen LogP contribution in [0.3, 0.4) is 0 Å². The Morgan fingerprint density at radius 2 is 1.92 bits per heavy atom. The zero-order valence-electron chi connectivity index (χ0n) is 14.0. The minimum atomic E-state index is -0.432. The lowest BCUT2D eigenvalue weighted by molar-refractivity contribution is 0.130. The highest BCUT2D eigenvalue weighted by atomic mass is 16.5. The number of phenols is 1. The summed E-state index contributed by atoms with van der Waals surface area (Å²) < 4.78 is 10.7. The van der Waals surface area contributed by atoms with Crippen LogP contribution in [-0.2, 0) is 0 Å². The molecule has 0 aliphatic carbocycles. The Bertz CT molecular complexity index is 735. The summed E-state index contributed by atoms with van der Waals surface area (Å²) in [6.45, 7) is 9.35. The molecule has 0 radical (unpaired) electrons. The van der Waals surface area contributed by atoms with Crippen LogP contribution in [0.2, 0.25) is 0 Å². The molecule has 2 aromatic rings. The van der Waals surface area contributed by atoms with Gasteiger partial charge in [0.05, 0.1) is 6.61 Å². The van der Waals surface area contributed by atoms with Gasteiger partial charge >= 0.3 is 5.63 Å². The number of fused-ring (bicyclic) bond motifs is 1. The second kappa shape index (κ2) is 7.68. The van der Waals surface area contributed by atoms with Crippen LogP contribution in [0.4, 0.5) is 0 Å². The van der Waals surface area contributed by atoms with Crippen molar-refractivity contribution in [2.75, 3.05) is 45.9 Å². The smallest absolute Gasteiger partial charge is 0.336 e. The van der Waals surface area contributed by atoms with Gasteiger partial charge in [-0.15, -0.1) is 0 Å². The Balaban J connectivity index is 1.50. The molecule has 1 N–H and O–H groups in total. The van der Waals surface area contributed by atoms with Gasteiger partial charge < -0.3 is 24.1 Å². The second-order valence-corrected chi connectivity index (χ2v) is 6.09. The first-order chi connectivity index (χ1) is 11.7. The fourth-order valence-corrected chi connectivity index (χ4v) is 3.00. The number of rotatable bonds is 6. The third-order valence-electron chi connectivity index (χ3n) is 4.49. The van der Waals surface area contributed by atoms with Gasteiger partial charge in [0, 0.05) is 50.2 Å². The maximum absolute atomic E-state index is 11.2. The Morgan fingerprint density at radius 3 is 2.67 bits per heavy atom. The maximum atomic E-state index is 11.2. The van der Waals surface area contributed by atoms with Crippen LogP contribution in [0.5, 0.6) is 11.5 Å². The van der Waals surface area contributed by atoms with Crippen molar-refractivity contribution >= 4 is 11.0 Å². The normalized spacial score (nSPS) is 16.5. The topological polar surface area (TPSA) is 66.2 Å². The average molecular weight is 332 g/mol. The minimum absolute atomic E-state index is 0.00610. The first-order valence-electron chi connectivity index (χ1n) is 8.50. The van der Waals surface area contributed by atoms with E-state index in [1.165, 1.54) is 12.1 Å². The molecule has 6 heteroatoms. The summed E-state index contributed by atoms with van der Waals surface area (Å²) >= 11 is 0. The van der Waals surface area contributed by atoms with Crippen LogP contribution in [0.25, 0.3) is 11.0 Å². The van der Waals surface area contributed by atoms with Gasteiger partial charge in [0.15, 0.2) is 11.5 Å². The number of phenolic OH excluding ortho intramolecular Hbond substituents is 1. The van der Waals surface area contributed by atoms with Gasteiger partial charge in [-0.3, -0.25) is 0 Å². The molecule has 24 heavy (non-hydrogen) atoms. The summed E-state index contributed by atoms with van der Waals surface area (Å²) in [5.41, 5.74) is -0.0696. The monoisotopic (exact) mass is 332 g/mol. The van der Waals surface area contributed by atoms with Crippen LogP contribution in [0.15, 0.2) is 33.5 Å². The van der Waals surface area contributed by atoms with Crippen molar-refractivity contribution in [3.63, 3.8) is 0 Å². The van der Waals surface area contributed by atoms with Crippen molar-refractivity contribution in [2.24, 2.45) is 0 Å². The molecule has 130 valence electrons. The van der Waals surface area contributed by atoms with Gasteiger partial charge in [-0.05, 0) is 25.1 Å². The summed E-state index contributed by atoms with van der Waals surface area (Å²) in [6, 6.07) is 6.16. The molecule has 0 atom stereocenters. The molecule has 3 rings (SSSR count). The highest BCUT2D eigenvalue weighted by Gasteiger charge is 2.15. The molecule has 1 aliphatic rings. The molecular formula is C18H24N2O4. The summed E-state index contributed by atoms with van der Waals surface area (Å²) in [4.78, 5) is 16.1. The lowest BCUT2D eigenvalue weighted by atomic mass is 10.2. The summed E-state index contributed by atoms with van der Waals surface area (Å²) in [5, 5.41) is 10.7. The molecule has 1 aromatic carbocycles. The summed E-state index contributed by atoms with van der Waals surface area (Å²) in [7, 11) is 0. The minimum Gasteiger partial charge on any atom is -0.504 e. The predicted molar refractivity (Wildman–Crippen MR) is 92.8 cm³/mol. The number of piperazine rings is 1. The molecule has 1 aromatic heterocycles. The van der Waals surface area contributed by atoms with Crippen molar-refractivity contribution in [1.29, 1.82) is 0 Å². The number of ether oxygens (including phenoxy) is 1. The van der Waals surface area contributed by atoms with Crippen molar-refractivity contribution < 1.29 is 14.3 Å². The number of hydrogen-bond acceptors (Lipinski definition) is 6. The van der Waals surface area contributed by atoms with E-state index in [1.54, 1.807) is 12.1 Å². The van der Waals surface area contributed by atoms with Crippen LogP contribution in [0, 0.1) is 0 Å². The van der Waals surface area contributed by atoms with E-state index in [-0.39, 0.29) is 5.75 Å². The third kappa shape index (κ3) is 4.07. The van der Waals surface area contributed by atoms with Gasteiger partial charge in [0.2, 0.25) is 0 Å². The Kier molecular flexibility index (Phi) is 5.37. The van der Waals surface area contributed by atoms with Gasteiger partial charge in [-0.25, -0.2) is 4.79 Å². The summed E-state index contributed by atoms with van der Waals surface area (Å²) in [5.74, 6) is 0.417. The standard InChI is InChI=1S/C18H24N2O4/c1-2-19-7-9-20(10-8-19)6-3-11-23-17-12-14-4-5-18(22)24-16(14)13-15(17)21/h4-5,12-13,21H,2-3,6-11H2,1H3. The van der Waals surface area contributed by atoms with E-state index in [0.29, 0.717) is 17.9 Å². The molecule has 2 heterocycles. The molecule has 0 amide bonds. The van der Waals surface area contributed by atoms with Crippen LogP contribution in [-0.4, -0.2) is 60.8 Å². The van der Waals surface area contributed by atoms with E-state index in [0.717, 1.165) is 51.1 Å². The largest absolute Gasteiger partial charge is 0.504 e. The molecular weight excluding hydrogens is 308 g/mol. The first kappa shape index (κ1) is 16.8.